The van der Waals surface area contributed by atoms with Crippen molar-refractivity contribution < 1.29 is 13.2 Å². The summed E-state index contributed by atoms with van der Waals surface area (Å²) in [7, 11) is -3.03. The third kappa shape index (κ3) is 4.97. The maximum atomic E-state index is 12.1. The fourth-order valence-electron chi connectivity index (χ4n) is 3.73. The quantitative estimate of drug-likeness (QED) is 0.843. The van der Waals surface area contributed by atoms with Crippen molar-refractivity contribution in [2.45, 2.75) is 68.7 Å². The van der Waals surface area contributed by atoms with Crippen LogP contribution in [0.5, 0.6) is 0 Å². The number of urea groups is 1. The van der Waals surface area contributed by atoms with Gasteiger partial charge in [-0.05, 0) is 49.1 Å². The Kier molecular flexibility index (Phi) is 5.67. The Morgan fingerprint density at radius 1 is 1.08 bits per heavy atom. The molecule has 2 amide bonds. The SMILES string of the molecule is CS(=O)(=O)C1CCCC(NC(=O)NCc2ccc(C3CCC3)cc2)C1. The lowest BCUT2D eigenvalue weighted by Crippen LogP contribution is -2.45. The fourth-order valence-corrected chi connectivity index (χ4v) is 4.91. The highest BCUT2D eigenvalue weighted by Crippen LogP contribution is 2.36. The van der Waals surface area contributed by atoms with E-state index in [0.717, 1.165) is 24.3 Å². The second-order valence-electron chi connectivity index (χ2n) is 7.51. The molecule has 0 heterocycles. The summed E-state index contributed by atoms with van der Waals surface area (Å²) < 4.78 is 23.4. The van der Waals surface area contributed by atoms with E-state index in [2.05, 4.69) is 34.9 Å². The normalized spacial score (nSPS) is 24.4. The van der Waals surface area contributed by atoms with E-state index in [9.17, 15) is 13.2 Å². The minimum absolute atomic E-state index is 0.0607. The summed E-state index contributed by atoms with van der Waals surface area (Å²) in [4.78, 5) is 12.1. The smallest absolute Gasteiger partial charge is 0.315 e. The van der Waals surface area contributed by atoms with Crippen molar-refractivity contribution >= 4 is 15.9 Å². The molecule has 0 bridgehead atoms. The van der Waals surface area contributed by atoms with Crippen molar-refractivity contribution in [1.29, 1.82) is 0 Å². The number of hydrogen-bond acceptors (Lipinski definition) is 3. The zero-order valence-corrected chi connectivity index (χ0v) is 15.6. The van der Waals surface area contributed by atoms with E-state index in [-0.39, 0.29) is 17.3 Å². The molecular formula is C19H28N2O3S. The number of carbonyl (C=O) groups is 1. The van der Waals surface area contributed by atoms with Crippen LogP contribution in [0.3, 0.4) is 0 Å². The van der Waals surface area contributed by atoms with E-state index in [1.807, 2.05) is 0 Å². The highest BCUT2D eigenvalue weighted by Gasteiger charge is 2.29. The van der Waals surface area contributed by atoms with E-state index in [0.29, 0.717) is 19.4 Å². The van der Waals surface area contributed by atoms with Gasteiger partial charge in [0.15, 0.2) is 0 Å². The zero-order chi connectivity index (χ0) is 17.9. The molecule has 2 fully saturated rings. The van der Waals surface area contributed by atoms with Crippen LogP contribution in [0.4, 0.5) is 4.79 Å². The van der Waals surface area contributed by atoms with Gasteiger partial charge in [0.25, 0.3) is 0 Å². The lowest BCUT2D eigenvalue weighted by molar-refractivity contribution is 0.232. The number of rotatable bonds is 5. The Bertz CT molecular complexity index is 696. The summed E-state index contributed by atoms with van der Waals surface area (Å²) in [5.74, 6) is 0.722. The number of benzene rings is 1. The van der Waals surface area contributed by atoms with Gasteiger partial charge >= 0.3 is 6.03 Å². The maximum absolute atomic E-state index is 12.1. The second kappa shape index (κ2) is 7.77. The lowest BCUT2D eigenvalue weighted by atomic mass is 9.80. The monoisotopic (exact) mass is 364 g/mol. The summed E-state index contributed by atoms with van der Waals surface area (Å²) >= 11 is 0. The highest BCUT2D eigenvalue weighted by atomic mass is 32.2. The molecule has 0 spiro atoms. The first-order valence-electron chi connectivity index (χ1n) is 9.24. The van der Waals surface area contributed by atoms with Crippen LogP contribution in [0.1, 0.15) is 62.0 Å². The number of carbonyl (C=O) groups excluding carboxylic acids is 1. The number of nitrogens with one attached hydrogen (secondary N) is 2. The molecule has 2 aliphatic carbocycles. The van der Waals surface area contributed by atoms with Crippen LogP contribution in [0, 0.1) is 0 Å². The molecule has 25 heavy (non-hydrogen) atoms. The Morgan fingerprint density at radius 2 is 1.76 bits per heavy atom. The molecule has 1 aromatic rings. The summed E-state index contributed by atoms with van der Waals surface area (Å²) in [5, 5.41) is 5.47. The standard InChI is InChI=1S/C19H28N2O3S/c1-25(23,24)18-7-3-6-17(12-18)21-19(22)20-13-14-8-10-16(11-9-14)15-4-2-5-15/h8-11,15,17-18H,2-7,12-13H2,1H3,(H2,20,21,22). The molecule has 2 atom stereocenters. The van der Waals surface area contributed by atoms with E-state index in [1.165, 1.54) is 31.1 Å². The topological polar surface area (TPSA) is 75.3 Å². The van der Waals surface area contributed by atoms with Gasteiger partial charge in [0, 0.05) is 18.8 Å². The van der Waals surface area contributed by atoms with Crippen LogP contribution in [0.2, 0.25) is 0 Å². The molecule has 0 aliphatic heterocycles. The Hall–Kier alpha value is -1.56. The molecule has 2 unspecified atom stereocenters. The molecule has 5 nitrogen and oxygen atoms in total. The van der Waals surface area contributed by atoms with Gasteiger partial charge in [0.1, 0.15) is 9.84 Å². The van der Waals surface area contributed by atoms with Gasteiger partial charge < -0.3 is 10.6 Å². The molecule has 138 valence electrons. The fraction of sp³-hybridized carbons (Fsp3) is 0.632. The summed E-state index contributed by atoms with van der Waals surface area (Å²) in [6.07, 6.45) is 8.09. The first-order chi connectivity index (χ1) is 11.9. The van der Waals surface area contributed by atoms with Gasteiger partial charge in [0.05, 0.1) is 5.25 Å². The van der Waals surface area contributed by atoms with Gasteiger partial charge in [-0.2, -0.15) is 0 Å². The maximum Gasteiger partial charge on any atom is 0.315 e. The van der Waals surface area contributed by atoms with Crippen molar-refractivity contribution in [3.8, 4) is 0 Å². The van der Waals surface area contributed by atoms with Gasteiger partial charge in [-0.15, -0.1) is 0 Å². The van der Waals surface area contributed by atoms with Crippen molar-refractivity contribution in [2.24, 2.45) is 0 Å². The molecule has 2 saturated carbocycles. The van der Waals surface area contributed by atoms with E-state index in [1.54, 1.807) is 0 Å². The van der Waals surface area contributed by atoms with Crippen LogP contribution in [-0.2, 0) is 16.4 Å². The average molecular weight is 365 g/mol. The van der Waals surface area contributed by atoms with Gasteiger partial charge in [-0.25, -0.2) is 13.2 Å². The Labute approximate surface area is 150 Å². The molecule has 0 radical (unpaired) electrons. The van der Waals surface area contributed by atoms with Crippen molar-refractivity contribution in [1.82, 2.24) is 10.6 Å². The zero-order valence-electron chi connectivity index (χ0n) is 14.8. The molecule has 2 N–H and O–H groups in total. The number of hydrogen-bond donors (Lipinski definition) is 2. The molecule has 0 saturated heterocycles. The lowest BCUT2D eigenvalue weighted by Gasteiger charge is -2.28. The van der Waals surface area contributed by atoms with Gasteiger partial charge in [-0.3, -0.25) is 0 Å². The third-order valence-electron chi connectivity index (χ3n) is 5.58. The molecule has 0 aromatic heterocycles. The largest absolute Gasteiger partial charge is 0.335 e. The molecule has 1 aromatic carbocycles. The van der Waals surface area contributed by atoms with Crippen LogP contribution in [-0.4, -0.2) is 32.0 Å². The Balaban J connectivity index is 1.44. The summed E-state index contributed by atoms with van der Waals surface area (Å²) in [6.45, 7) is 0.485. The third-order valence-corrected chi connectivity index (χ3v) is 7.22. The average Bonchev–Trinajstić information content (AvgIpc) is 2.52. The summed E-state index contributed by atoms with van der Waals surface area (Å²) in [5.41, 5.74) is 2.48. The van der Waals surface area contributed by atoms with Crippen LogP contribution >= 0.6 is 0 Å². The van der Waals surface area contributed by atoms with Gasteiger partial charge in [0.2, 0.25) is 0 Å². The van der Waals surface area contributed by atoms with Crippen LogP contribution in [0.15, 0.2) is 24.3 Å². The van der Waals surface area contributed by atoms with Crippen molar-refractivity contribution in [2.75, 3.05) is 6.26 Å². The van der Waals surface area contributed by atoms with Gasteiger partial charge in [-0.1, -0.05) is 37.1 Å². The van der Waals surface area contributed by atoms with E-state index in [4.69, 9.17) is 0 Å². The first kappa shape index (κ1) is 18.2. The summed E-state index contributed by atoms with van der Waals surface area (Å²) in [6, 6.07) is 8.20. The second-order valence-corrected chi connectivity index (χ2v) is 9.84. The highest BCUT2D eigenvalue weighted by molar-refractivity contribution is 7.91. The minimum Gasteiger partial charge on any atom is -0.335 e. The Morgan fingerprint density at radius 3 is 2.36 bits per heavy atom. The van der Waals surface area contributed by atoms with Crippen molar-refractivity contribution in [3.05, 3.63) is 35.4 Å². The molecule has 2 aliphatic rings. The molecule has 6 heteroatoms. The number of amides is 2. The molecule has 3 rings (SSSR count). The molecular weight excluding hydrogens is 336 g/mol. The van der Waals surface area contributed by atoms with Crippen molar-refractivity contribution in [3.63, 3.8) is 0 Å². The predicted molar refractivity (Wildman–Crippen MR) is 99.3 cm³/mol. The van der Waals surface area contributed by atoms with Crippen LogP contribution in [0.25, 0.3) is 0 Å². The number of sulfone groups is 1. The first-order valence-corrected chi connectivity index (χ1v) is 11.2. The predicted octanol–water partition coefficient (Wildman–Crippen LogP) is 3.11. The minimum atomic E-state index is -3.03. The van der Waals surface area contributed by atoms with E-state index >= 15 is 0 Å². The van der Waals surface area contributed by atoms with E-state index < -0.39 is 9.84 Å². The van der Waals surface area contributed by atoms with Crippen LogP contribution < -0.4 is 10.6 Å².